The summed E-state index contributed by atoms with van der Waals surface area (Å²) in [4.78, 5) is 4.96. The summed E-state index contributed by atoms with van der Waals surface area (Å²) >= 11 is 3.65. The van der Waals surface area contributed by atoms with E-state index in [2.05, 4.69) is 59.3 Å². The van der Waals surface area contributed by atoms with Crippen LogP contribution in [0.5, 0.6) is 0 Å². The molecule has 21 heavy (non-hydrogen) atoms. The van der Waals surface area contributed by atoms with Crippen molar-refractivity contribution in [3.05, 3.63) is 44.8 Å². The van der Waals surface area contributed by atoms with Crippen LogP contribution >= 0.6 is 22.7 Å². The first-order valence-corrected chi connectivity index (χ1v) is 9.03. The van der Waals surface area contributed by atoms with E-state index in [9.17, 15) is 0 Å². The Morgan fingerprint density at radius 3 is 2.62 bits per heavy atom. The first-order chi connectivity index (χ1) is 10.3. The minimum absolute atomic E-state index is 0.390. The fourth-order valence-electron chi connectivity index (χ4n) is 2.05. The molecule has 0 aromatic carbocycles. The van der Waals surface area contributed by atoms with Gasteiger partial charge >= 0.3 is 0 Å². The fraction of sp³-hybridized carbons (Fsp3) is 0.500. The summed E-state index contributed by atoms with van der Waals surface area (Å²) in [6, 6.07) is 9.05. The third kappa shape index (κ3) is 6.28. The van der Waals surface area contributed by atoms with E-state index in [1.807, 2.05) is 22.7 Å². The van der Waals surface area contributed by atoms with Crippen LogP contribution in [0.2, 0.25) is 0 Å². The molecule has 1 atom stereocenters. The van der Waals surface area contributed by atoms with Crippen molar-refractivity contribution in [3.8, 4) is 0 Å². The van der Waals surface area contributed by atoms with E-state index in [1.54, 1.807) is 0 Å². The summed E-state index contributed by atoms with van der Waals surface area (Å²) in [7, 11) is 4.13. The molecule has 0 aliphatic heterocycles. The highest BCUT2D eigenvalue weighted by Crippen LogP contribution is 2.24. The number of thiophene rings is 2. The molecule has 2 rings (SSSR count). The highest BCUT2D eigenvalue weighted by atomic mass is 32.1. The van der Waals surface area contributed by atoms with Gasteiger partial charge in [-0.25, -0.2) is 0 Å². The lowest BCUT2D eigenvalue weighted by molar-refractivity contribution is 0.117. The Kier molecular flexibility index (Phi) is 7.39. The monoisotopic (exact) mass is 324 g/mol. The van der Waals surface area contributed by atoms with Crippen LogP contribution in [0.1, 0.15) is 15.8 Å². The summed E-state index contributed by atoms with van der Waals surface area (Å²) < 4.78 is 5.65. The molecule has 0 aliphatic rings. The van der Waals surface area contributed by atoms with Crippen molar-refractivity contribution >= 4 is 22.7 Å². The van der Waals surface area contributed by atoms with E-state index < -0.39 is 0 Å². The molecule has 0 spiro atoms. The lowest BCUT2D eigenvalue weighted by Gasteiger charge is -2.17. The van der Waals surface area contributed by atoms with Crippen LogP contribution in [-0.4, -0.2) is 45.3 Å². The molecule has 2 aromatic rings. The van der Waals surface area contributed by atoms with Crippen LogP contribution in [0.15, 0.2) is 35.0 Å². The van der Waals surface area contributed by atoms with Crippen molar-refractivity contribution < 1.29 is 4.74 Å². The molecule has 2 heterocycles. The van der Waals surface area contributed by atoms with Crippen molar-refractivity contribution in [1.82, 2.24) is 10.2 Å². The number of ether oxygens (including phenoxy) is 1. The first-order valence-electron chi connectivity index (χ1n) is 7.27. The lowest BCUT2D eigenvalue weighted by atomic mass is 10.1. The van der Waals surface area contributed by atoms with Crippen LogP contribution in [0.25, 0.3) is 0 Å². The van der Waals surface area contributed by atoms with Gasteiger partial charge in [0.2, 0.25) is 0 Å². The Hall–Kier alpha value is -0.720. The van der Waals surface area contributed by atoms with E-state index in [4.69, 9.17) is 4.74 Å². The van der Waals surface area contributed by atoms with Crippen molar-refractivity contribution in [3.63, 3.8) is 0 Å². The zero-order chi connectivity index (χ0) is 14.9. The third-order valence-electron chi connectivity index (χ3n) is 3.19. The smallest absolute Gasteiger partial charge is 0.0593 e. The van der Waals surface area contributed by atoms with Gasteiger partial charge in [0, 0.05) is 35.3 Å². The van der Waals surface area contributed by atoms with Crippen LogP contribution in [-0.2, 0) is 11.2 Å². The van der Waals surface area contributed by atoms with Gasteiger partial charge in [-0.3, -0.25) is 0 Å². The number of nitrogens with one attached hydrogen (secondary N) is 1. The maximum Gasteiger partial charge on any atom is 0.0593 e. The number of hydrogen-bond donors (Lipinski definition) is 1. The van der Waals surface area contributed by atoms with Gasteiger partial charge in [-0.1, -0.05) is 12.1 Å². The summed E-state index contributed by atoms with van der Waals surface area (Å²) in [6.07, 6.45) is 1.05. The molecule has 0 radical (unpaired) electrons. The zero-order valence-electron chi connectivity index (χ0n) is 12.7. The summed E-state index contributed by atoms with van der Waals surface area (Å²) in [5.41, 5.74) is 0. The van der Waals surface area contributed by atoms with Crippen molar-refractivity contribution in [1.29, 1.82) is 0 Å². The van der Waals surface area contributed by atoms with Crippen LogP contribution in [0.4, 0.5) is 0 Å². The first kappa shape index (κ1) is 16.6. The van der Waals surface area contributed by atoms with E-state index in [0.717, 1.165) is 32.7 Å². The summed E-state index contributed by atoms with van der Waals surface area (Å²) in [5, 5.41) is 7.92. The molecule has 0 saturated carbocycles. The van der Waals surface area contributed by atoms with Gasteiger partial charge in [-0.2, -0.15) is 0 Å². The Morgan fingerprint density at radius 2 is 1.95 bits per heavy atom. The maximum atomic E-state index is 5.65. The number of rotatable bonds is 10. The van der Waals surface area contributed by atoms with Crippen molar-refractivity contribution in [2.75, 3.05) is 40.4 Å². The van der Waals surface area contributed by atoms with Crippen molar-refractivity contribution in [2.45, 2.75) is 12.5 Å². The van der Waals surface area contributed by atoms with Gasteiger partial charge in [0.25, 0.3) is 0 Å². The Bertz CT molecular complexity index is 468. The molecular formula is C16H24N2OS2. The van der Waals surface area contributed by atoms with Gasteiger partial charge in [0.1, 0.15) is 0 Å². The molecule has 5 heteroatoms. The third-order valence-corrected chi connectivity index (χ3v) is 5.08. The average molecular weight is 325 g/mol. The van der Waals surface area contributed by atoms with E-state index >= 15 is 0 Å². The fourth-order valence-corrected chi connectivity index (χ4v) is 3.60. The highest BCUT2D eigenvalue weighted by molar-refractivity contribution is 7.10. The van der Waals surface area contributed by atoms with Gasteiger partial charge in [0.05, 0.1) is 13.2 Å². The maximum absolute atomic E-state index is 5.65. The van der Waals surface area contributed by atoms with E-state index in [-0.39, 0.29) is 0 Å². The van der Waals surface area contributed by atoms with Crippen LogP contribution in [0, 0.1) is 0 Å². The minimum atomic E-state index is 0.390. The van der Waals surface area contributed by atoms with Gasteiger partial charge in [-0.15, -0.1) is 22.7 Å². The average Bonchev–Trinajstić information content (AvgIpc) is 3.13. The second kappa shape index (κ2) is 9.33. The summed E-state index contributed by atoms with van der Waals surface area (Å²) in [6.45, 7) is 3.42. The quantitative estimate of drug-likeness (QED) is 0.679. The van der Waals surface area contributed by atoms with Gasteiger partial charge in [0.15, 0.2) is 0 Å². The molecule has 0 saturated heterocycles. The SMILES string of the molecule is CN(C)CCOCCNC(Cc1cccs1)c1cccs1. The van der Waals surface area contributed by atoms with Gasteiger partial charge in [-0.05, 0) is 37.0 Å². The molecular weight excluding hydrogens is 300 g/mol. The normalized spacial score (nSPS) is 12.9. The summed E-state index contributed by atoms with van der Waals surface area (Å²) in [5.74, 6) is 0. The molecule has 116 valence electrons. The molecule has 0 fully saturated rings. The number of nitrogens with zero attached hydrogens (tertiary/aromatic N) is 1. The Labute approximate surface area is 135 Å². The van der Waals surface area contributed by atoms with E-state index in [0.29, 0.717) is 6.04 Å². The zero-order valence-corrected chi connectivity index (χ0v) is 14.4. The molecule has 0 amide bonds. The second-order valence-electron chi connectivity index (χ2n) is 5.22. The molecule has 1 unspecified atom stereocenters. The standard InChI is InChI=1S/C16H24N2OS2/c1-18(2)8-10-19-9-7-17-15(16-6-4-12-21-16)13-14-5-3-11-20-14/h3-6,11-12,15,17H,7-10,13H2,1-2H3. The number of likely N-dealkylation sites (N-methyl/N-ethyl adjacent to an activating group) is 1. The predicted molar refractivity (Wildman–Crippen MR) is 92.5 cm³/mol. The molecule has 2 aromatic heterocycles. The van der Waals surface area contributed by atoms with E-state index in [1.165, 1.54) is 9.75 Å². The Balaban J connectivity index is 1.75. The molecule has 3 nitrogen and oxygen atoms in total. The largest absolute Gasteiger partial charge is 0.379 e. The lowest BCUT2D eigenvalue weighted by Crippen LogP contribution is -2.27. The van der Waals surface area contributed by atoms with Crippen LogP contribution < -0.4 is 5.32 Å². The van der Waals surface area contributed by atoms with Gasteiger partial charge < -0.3 is 15.0 Å². The molecule has 1 N–H and O–H groups in total. The van der Waals surface area contributed by atoms with Crippen LogP contribution in [0.3, 0.4) is 0 Å². The molecule has 0 aliphatic carbocycles. The minimum Gasteiger partial charge on any atom is -0.379 e. The highest BCUT2D eigenvalue weighted by Gasteiger charge is 2.13. The topological polar surface area (TPSA) is 24.5 Å². The second-order valence-corrected chi connectivity index (χ2v) is 7.23. The molecule has 0 bridgehead atoms. The van der Waals surface area contributed by atoms with Crippen molar-refractivity contribution in [2.24, 2.45) is 0 Å². The Morgan fingerprint density at radius 1 is 1.14 bits per heavy atom. The number of hydrogen-bond acceptors (Lipinski definition) is 5. The predicted octanol–water partition coefficient (Wildman–Crippen LogP) is 3.26.